The van der Waals surface area contributed by atoms with Crippen LogP contribution in [0.4, 0.5) is 0 Å². The van der Waals surface area contributed by atoms with Crippen LogP contribution in [0.15, 0.2) is 73.4 Å². The molecule has 4 heteroatoms. The number of esters is 2. The van der Waals surface area contributed by atoms with E-state index >= 15 is 0 Å². The molecule has 1 aromatic rings. The van der Waals surface area contributed by atoms with E-state index in [1.165, 1.54) is 77.0 Å². The molecule has 0 N–H and O–H groups in total. The maximum Gasteiger partial charge on any atom is 0.306 e. The van der Waals surface area contributed by atoms with Crippen molar-refractivity contribution in [2.24, 2.45) is 0 Å². The van der Waals surface area contributed by atoms with Crippen molar-refractivity contribution in [3.8, 4) is 0 Å². The van der Waals surface area contributed by atoms with Gasteiger partial charge in [0.2, 0.25) is 0 Å². The Bertz CT molecular complexity index is 1030. The monoisotopic (exact) mass is 689 g/mol. The lowest BCUT2D eigenvalue weighted by Gasteiger charge is -2.10. The number of unbranched alkanes of at least 4 members (excludes halogenated alkanes) is 16. The van der Waals surface area contributed by atoms with Gasteiger partial charge in [-0.3, -0.25) is 9.59 Å². The second-order valence-electron chi connectivity index (χ2n) is 13.6. The predicted molar refractivity (Wildman–Crippen MR) is 215 cm³/mol. The van der Waals surface area contributed by atoms with E-state index in [1.807, 2.05) is 18.2 Å². The van der Waals surface area contributed by atoms with Gasteiger partial charge in [0.15, 0.2) is 0 Å². The quantitative estimate of drug-likeness (QED) is 0.0419. The maximum absolute atomic E-state index is 12.4. The number of hydrogen-bond donors (Lipinski definition) is 0. The average molecular weight is 689 g/mol. The van der Waals surface area contributed by atoms with Gasteiger partial charge in [-0.05, 0) is 112 Å². The van der Waals surface area contributed by atoms with Gasteiger partial charge >= 0.3 is 11.9 Å². The average Bonchev–Trinajstić information content (AvgIpc) is 3.13. The molecule has 4 nitrogen and oxygen atoms in total. The van der Waals surface area contributed by atoms with Gasteiger partial charge in [-0.2, -0.15) is 0 Å². The van der Waals surface area contributed by atoms with Gasteiger partial charge in [0, 0.05) is 12.8 Å². The van der Waals surface area contributed by atoms with E-state index < -0.39 is 0 Å². The summed E-state index contributed by atoms with van der Waals surface area (Å²) < 4.78 is 11.1. The molecule has 0 atom stereocenters. The van der Waals surface area contributed by atoms with E-state index in [-0.39, 0.29) is 25.2 Å². The highest BCUT2D eigenvalue weighted by Crippen LogP contribution is 2.16. The third kappa shape index (κ3) is 28.7. The second-order valence-corrected chi connectivity index (χ2v) is 13.6. The Hall–Kier alpha value is -3.14. The lowest BCUT2D eigenvalue weighted by Crippen LogP contribution is -2.07. The van der Waals surface area contributed by atoms with Gasteiger partial charge in [-0.25, -0.2) is 0 Å². The van der Waals surface area contributed by atoms with Crippen LogP contribution in [-0.4, -0.2) is 11.9 Å². The van der Waals surface area contributed by atoms with E-state index in [2.05, 4.69) is 69.0 Å². The molecule has 1 aromatic carbocycles. The van der Waals surface area contributed by atoms with E-state index in [0.717, 1.165) is 80.9 Å². The zero-order chi connectivity index (χ0) is 36.2. The van der Waals surface area contributed by atoms with Crippen molar-refractivity contribution >= 4 is 18.0 Å². The third-order valence-corrected chi connectivity index (χ3v) is 8.77. The van der Waals surface area contributed by atoms with Crippen LogP contribution < -0.4 is 0 Å². The molecule has 0 saturated heterocycles. The standard InChI is InChI=1S/C46H72O4/c1-4-7-9-11-13-15-17-19-21-23-25-27-29-31-33-35-45(47)49-40-43-37-42(6-3)38-44(39-43)41-50-46(48)36-34-32-30-28-26-24-22-20-18-16-14-12-10-8-5-2/h6,13-16,19-22,37-39H,3-5,7-12,17-18,23-36,40-41H2,1-2H3/b15-13-,16-14-,21-19-,22-20-. The number of allylic oxidation sites excluding steroid dienone is 8. The Morgan fingerprint density at radius 3 is 1.24 bits per heavy atom. The molecule has 1 rings (SSSR count). The summed E-state index contributed by atoms with van der Waals surface area (Å²) >= 11 is 0. The molecule has 0 bridgehead atoms. The number of benzene rings is 1. The minimum absolute atomic E-state index is 0.162. The molecule has 280 valence electrons. The largest absolute Gasteiger partial charge is 0.461 e. The predicted octanol–water partition coefficient (Wildman–Crippen LogP) is 14.0. The first-order chi connectivity index (χ1) is 24.6. The highest BCUT2D eigenvalue weighted by Gasteiger charge is 2.08. The molecule has 0 amide bonds. The Labute approximate surface area is 307 Å². The summed E-state index contributed by atoms with van der Waals surface area (Å²) in [6, 6.07) is 5.88. The molecule has 0 aromatic heterocycles. The van der Waals surface area contributed by atoms with Gasteiger partial charge in [0.1, 0.15) is 13.2 Å². The van der Waals surface area contributed by atoms with Gasteiger partial charge < -0.3 is 9.47 Å². The van der Waals surface area contributed by atoms with E-state index in [0.29, 0.717) is 12.8 Å². The molecule has 0 aliphatic carbocycles. The van der Waals surface area contributed by atoms with Crippen LogP contribution in [0.25, 0.3) is 6.08 Å². The van der Waals surface area contributed by atoms with Crippen molar-refractivity contribution < 1.29 is 19.1 Å². The summed E-state index contributed by atoms with van der Waals surface area (Å²) in [5.74, 6) is -0.324. The minimum Gasteiger partial charge on any atom is -0.461 e. The molecule has 0 unspecified atom stereocenters. The van der Waals surface area contributed by atoms with Crippen molar-refractivity contribution in [2.45, 2.75) is 181 Å². The van der Waals surface area contributed by atoms with Crippen molar-refractivity contribution in [2.75, 3.05) is 0 Å². The summed E-state index contributed by atoms with van der Waals surface area (Å²) in [5.41, 5.74) is 2.69. The molecular weight excluding hydrogens is 617 g/mol. The molecular formula is C46H72O4. The van der Waals surface area contributed by atoms with Crippen molar-refractivity contribution in [3.05, 3.63) is 90.1 Å². The van der Waals surface area contributed by atoms with Crippen LogP contribution in [0.1, 0.15) is 185 Å². The van der Waals surface area contributed by atoms with Crippen molar-refractivity contribution in [1.82, 2.24) is 0 Å². The van der Waals surface area contributed by atoms with E-state index in [1.54, 1.807) is 6.08 Å². The first-order valence-corrected chi connectivity index (χ1v) is 20.3. The minimum atomic E-state index is -0.162. The molecule has 0 radical (unpaired) electrons. The lowest BCUT2D eigenvalue weighted by atomic mass is 10.1. The third-order valence-electron chi connectivity index (χ3n) is 8.77. The molecule has 0 spiro atoms. The van der Waals surface area contributed by atoms with Crippen LogP contribution >= 0.6 is 0 Å². The zero-order valence-corrected chi connectivity index (χ0v) is 32.2. The first-order valence-electron chi connectivity index (χ1n) is 20.3. The highest BCUT2D eigenvalue weighted by atomic mass is 16.5. The highest BCUT2D eigenvalue weighted by molar-refractivity contribution is 5.69. The lowest BCUT2D eigenvalue weighted by molar-refractivity contribution is -0.145. The fourth-order valence-corrected chi connectivity index (χ4v) is 5.71. The van der Waals surface area contributed by atoms with Crippen molar-refractivity contribution in [3.63, 3.8) is 0 Å². The SMILES string of the molecule is C=Cc1cc(COC(=O)CCCCCCC/C=C\C/C=C\CCCCC)cc(COC(=O)CCCCCCC/C=C\C/C=C\CCCCC)c1. The summed E-state index contributed by atoms with van der Waals surface area (Å²) in [7, 11) is 0. The fourth-order valence-electron chi connectivity index (χ4n) is 5.71. The summed E-state index contributed by atoms with van der Waals surface area (Å²) in [5, 5.41) is 0. The Kier molecular flexibility index (Phi) is 30.8. The second kappa shape index (κ2) is 34.3. The molecule has 0 fully saturated rings. The zero-order valence-electron chi connectivity index (χ0n) is 32.2. The molecule has 0 aliphatic rings. The van der Waals surface area contributed by atoms with Gasteiger partial charge in [-0.1, -0.05) is 139 Å². The van der Waals surface area contributed by atoms with Gasteiger partial charge in [0.05, 0.1) is 0 Å². The van der Waals surface area contributed by atoms with Crippen LogP contribution in [0, 0.1) is 0 Å². The summed E-state index contributed by atoms with van der Waals surface area (Å²) in [6.45, 7) is 8.80. The first kappa shape index (κ1) is 44.9. The number of carbonyl (C=O) groups is 2. The topological polar surface area (TPSA) is 52.6 Å². The van der Waals surface area contributed by atoms with Crippen LogP contribution in [-0.2, 0) is 32.3 Å². The van der Waals surface area contributed by atoms with Gasteiger partial charge in [0.25, 0.3) is 0 Å². The van der Waals surface area contributed by atoms with E-state index in [4.69, 9.17) is 9.47 Å². The Morgan fingerprint density at radius 1 is 0.500 bits per heavy atom. The van der Waals surface area contributed by atoms with Gasteiger partial charge in [-0.15, -0.1) is 0 Å². The maximum atomic E-state index is 12.4. The smallest absolute Gasteiger partial charge is 0.306 e. The molecule has 0 heterocycles. The number of rotatable bonds is 33. The normalized spacial score (nSPS) is 11.8. The van der Waals surface area contributed by atoms with Crippen LogP contribution in [0.2, 0.25) is 0 Å². The van der Waals surface area contributed by atoms with Crippen LogP contribution in [0.3, 0.4) is 0 Å². The number of ether oxygens (including phenoxy) is 2. The number of hydrogen-bond acceptors (Lipinski definition) is 4. The Balaban J connectivity index is 2.13. The van der Waals surface area contributed by atoms with E-state index in [9.17, 15) is 9.59 Å². The molecule has 50 heavy (non-hydrogen) atoms. The summed E-state index contributed by atoms with van der Waals surface area (Å²) in [4.78, 5) is 24.7. The number of carbonyl (C=O) groups excluding carboxylic acids is 2. The Morgan fingerprint density at radius 2 is 0.860 bits per heavy atom. The van der Waals surface area contributed by atoms with Crippen molar-refractivity contribution in [1.29, 1.82) is 0 Å². The molecule has 0 saturated carbocycles. The van der Waals surface area contributed by atoms with Crippen LogP contribution in [0.5, 0.6) is 0 Å². The summed E-state index contributed by atoms with van der Waals surface area (Å²) in [6.07, 6.45) is 46.5. The fraction of sp³-hybridized carbons (Fsp3) is 0.609. The molecule has 0 aliphatic heterocycles.